The van der Waals surface area contributed by atoms with Crippen LogP contribution in [0, 0.1) is 0 Å². The van der Waals surface area contributed by atoms with E-state index < -0.39 is 6.03 Å². The number of aromatic nitrogens is 4. The summed E-state index contributed by atoms with van der Waals surface area (Å²) >= 11 is 5.83. The minimum absolute atomic E-state index is 0.278. The van der Waals surface area contributed by atoms with Gasteiger partial charge in [0.15, 0.2) is 5.82 Å². The van der Waals surface area contributed by atoms with Crippen molar-refractivity contribution >= 4 is 17.6 Å². The van der Waals surface area contributed by atoms with Crippen molar-refractivity contribution < 1.29 is 4.79 Å². The quantitative estimate of drug-likeness (QED) is 0.729. The van der Waals surface area contributed by atoms with E-state index in [0.29, 0.717) is 11.4 Å². The van der Waals surface area contributed by atoms with Gasteiger partial charge in [0.2, 0.25) is 0 Å². The molecule has 0 aliphatic carbocycles. The Balaban J connectivity index is 2.46. The van der Waals surface area contributed by atoms with Crippen LogP contribution >= 0.6 is 11.6 Å². The van der Waals surface area contributed by atoms with E-state index in [-0.39, 0.29) is 5.15 Å². The average Bonchev–Trinajstić information content (AvgIpc) is 2.67. The molecule has 0 saturated heterocycles. The fourth-order valence-electron chi connectivity index (χ4n) is 1.05. The standard InChI is InChI=1S/C8H6ClN5O/c9-6-5(2-1-3-11-6)7-12-4-14(13-7)8(10)15/h1-4H,(H2,10,15). The van der Waals surface area contributed by atoms with Crippen molar-refractivity contribution in [1.82, 2.24) is 19.7 Å². The Bertz CT molecular complexity index is 509. The molecular formula is C8H6ClN5O. The van der Waals surface area contributed by atoms with E-state index in [4.69, 9.17) is 17.3 Å². The van der Waals surface area contributed by atoms with Gasteiger partial charge in [0.1, 0.15) is 11.5 Å². The minimum Gasteiger partial charge on any atom is -0.350 e. The molecule has 2 heterocycles. The first-order valence-corrected chi connectivity index (χ1v) is 4.38. The topological polar surface area (TPSA) is 86.7 Å². The minimum atomic E-state index is -0.700. The summed E-state index contributed by atoms with van der Waals surface area (Å²) in [7, 11) is 0. The first-order chi connectivity index (χ1) is 7.18. The molecule has 2 N–H and O–H groups in total. The van der Waals surface area contributed by atoms with Gasteiger partial charge in [-0.3, -0.25) is 0 Å². The van der Waals surface area contributed by atoms with Gasteiger partial charge in [-0.05, 0) is 12.1 Å². The van der Waals surface area contributed by atoms with Gasteiger partial charge in [-0.1, -0.05) is 11.6 Å². The Labute approximate surface area is 89.7 Å². The fourth-order valence-corrected chi connectivity index (χ4v) is 1.25. The summed E-state index contributed by atoms with van der Waals surface area (Å²) in [4.78, 5) is 18.5. The van der Waals surface area contributed by atoms with Crippen LogP contribution in [-0.4, -0.2) is 25.8 Å². The lowest BCUT2D eigenvalue weighted by Crippen LogP contribution is -2.19. The maximum atomic E-state index is 10.8. The van der Waals surface area contributed by atoms with Crippen LogP contribution in [0.3, 0.4) is 0 Å². The molecule has 6 nitrogen and oxygen atoms in total. The molecule has 1 amide bonds. The van der Waals surface area contributed by atoms with Crippen LogP contribution in [0.5, 0.6) is 0 Å². The van der Waals surface area contributed by atoms with E-state index >= 15 is 0 Å². The third-order valence-electron chi connectivity index (χ3n) is 1.72. The fraction of sp³-hybridized carbons (Fsp3) is 0. The van der Waals surface area contributed by atoms with Crippen LogP contribution < -0.4 is 5.73 Å². The number of amides is 1. The number of rotatable bonds is 1. The Morgan fingerprint density at radius 1 is 1.47 bits per heavy atom. The molecule has 0 fully saturated rings. The number of nitrogens with zero attached hydrogens (tertiary/aromatic N) is 4. The van der Waals surface area contributed by atoms with Gasteiger partial charge >= 0.3 is 6.03 Å². The predicted octanol–water partition coefficient (Wildman–Crippen LogP) is 0.920. The van der Waals surface area contributed by atoms with Crippen molar-refractivity contribution in [3.63, 3.8) is 0 Å². The second-order valence-electron chi connectivity index (χ2n) is 2.69. The molecule has 0 unspecified atom stereocenters. The highest BCUT2D eigenvalue weighted by Crippen LogP contribution is 2.21. The van der Waals surface area contributed by atoms with Gasteiger partial charge in [0.05, 0.1) is 5.56 Å². The number of pyridine rings is 1. The van der Waals surface area contributed by atoms with Gasteiger partial charge in [0, 0.05) is 6.20 Å². The number of halogens is 1. The summed E-state index contributed by atoms with van der Waals surface area (Å²) in [5.74, 6) is 0.312. The first kappa shape index (κ1) is 9.60. The lowest BCUT2D eigenvalue weighted by molar-refractivity contribution is 0.247. The second-order valence-corrected chi connectivity index (χ2v) is 3.05. The summed E-state index contributed by atoms with van der Waals surface area (Å²) in [5.41, 5.74) is 5.57. The van der Waals surface area contributed by atoms with E-state index in [2.05, 4.69) is 15.1 Å². The molecule has 0 spiro atoms. The predicted molar refractivity (Wildman–Crippen MR) is 53.2 cm³/mol. The molecule has 0 atom stereocenters. The molecule has 2 aromatic heterocycles. The zero-order valence-electron chi connectivity index (χ0n) is 7.46. The zero-order chi connectivity index (χ0) is 10.8. The molecular weight excluding hydrogens is 218 g/mol. The molecule has 2 rings (SSSR count). The van der Waals surface area contributed by atoms with Crippen molar-refractivity contribution in [2.45, 2.75) is 0 Å². The largest absolute Gasteiger partial charge is 0.350 e. The average molecular weight is 224 g/mol. The SMILES string of the molecule is NC(=O)n1cnc(-c2cccnc2Cl)n1. The summed E-state index contributed by atoms with van der Waals surface area (Å²) < 4.78 is 0.929. The van der Waals surface area contributed by atoms with Crippen LogP contribution in [0.1, 0.15) is 0 Å². The maximum absolute atomic E-state index is 10.8. The van der Waals surface area contributed by atoms with Crippen LogP contribution in [0.25, 0.3) is 11.4 Å². The molecule has 0 aromatic carbocycles. The lowest BCUT2D eigenvalue weighted by Gasteiger charge is -1.96. The van der Waals surface area contributed by atoms with Gasteiger partial charge < -0.3 is 5.73 Å². The van der Waals surface area contributed by atoms with Crippen molar-refractivity contribution in [1.29, 1.82) is 0 Å². The van der Waals surface area contributed by atoms with Crippen LogP contribution in [0.15, 0.2) is 24.7 Å². The van der Waals surface area contributed by atoms with E-state index in [1.807, 2.05) is 0 Å². The molecule has 0 saturated carbocycles. The van der Waals surface area contributed by atoms with E-state index in [1.165, 1.54) is 6.33 Å². The van der Waals surface area contributed by atoms with Crippen LogP contribution in [-0.2, 0) is 0 Å². The summed E-state index contributed by atoms with van der Waals surface area (Å²) in [6.45, 7) is 0. The van der Waals surface area contributed by atoms with Crippen LogP contribution in [0.2, 0.25) is 5.15 Å². The smallest absolute Gasteiger partial charge is 0.340 e. The van der Waals surface area contributed by atoms with E-state index in [1.54, 1.807) is 18.3 Å². The molecule has 0 bridgehead atoms. The van der Waals surface area contributed by atoms with Gasteiger partial charge in [-0.2, -0.15) is 4.68 Å². The summed E-state index contributed by atoms with van der Waals surface area (Å²) in [6.07, 6.45) is 2.78. The molecule has 0 aliphatic rings. The van der Waals surface area contributed by atoms with Crippen molar-refractivity contribution in [3.05, 3.63) is 29.8 Å². The van der Waals surface area contributed by atoms with E-state index in [9.17, 15) is 4.79 Å². The van der Waals surface area contributed by atoms with E-state index in [0.717, 1.165) is 4.68 Å². The molecule has 0 radical (unpaired) electrons. The number of hydrogen-bond donors (Lipinski definition) is 1. The number of nitrogens with two attached hydrogens (primary N) is 1. The summed E-state index contributed by atoms with van der Waals surface area (Å²) in [6, 6.07) is 2.70. The molecule has 15 heavy (non-hydrogen) atoms. The van der Waals surface area contributed by atoms with Crippen LogP contribution in [0.4, 0.5) is 4.79 Å². The molecule has 0 aliphatic heterocycles. The lowest BCUT2D eigenvalue weighted by atomic mass is 10.3. The Morgan fingerprint density at radius 3 is 2.87 bits per heavy atom. The highest BCUT2D eigenvalue weighted by Gasteiger charge is 2.10. The molecule has 76 valence electrons. The van der Waals surface area contributed by atoms with Crippen molar-refractivity contribution in [2.24, 2.45) is 5.73 Å². The third kappa shape index (κ3) is 1.79. The number of hydrogen-bond acceptors (Lipinski definition) is 4. The Hall–Kier alpha value is -1.95. The zero-order valence-corrected chi connectivity index (χ0v) is 8.22. The Kier molecular flexibility index (Phi) is 2.34. The normalized spacial score (nSPS) is 10.2. The molecule has 2 aromatic rings. The first-order valence-electron chi connectivity index (χ1n) is 4.01. The monoisotopic (exact) mass is 223 g/mol. The van der Waals surface area contributed by atoms with Gasteiger partial charge in [-0.25, -0.2) is 14.8 Å². The van der Waals surface area contributed by atoms with Crippen molar-refractivity contribution in [3.8, 4) is 11.4 Å². The van der Waals surface area contributed by atoms with Gasteiger partial charge in [-0.15, -0.1) is 5.10 Å². The highest BCUT2D eigenvalue weighted by molar-refractivity contribution is 6.31. The Morgan fingerprint density at radius 2 is 2.27 bits per heavy atom. The van der Waals surface area contributed by atoms with Crippen molar-refractivity contribution in [2.75, 3.05) is 0 Å². The number of carbonyl (C=O) groups excluding carboxylic acids is 1. The van der Waals surface area contributed by atoms with Gasteiger partial charge in [0.25, 0.3) is 0 Å². The second kappa shape index (κ2) is 3.66. The maximum Gasteiger partial charge on any atom is 0.340 e. The third-order valence-corrected chi connectivity index (χ3v) is 2.02. The number of carbonyl (C=O) groups is 1. The summed E-state index contributed by atoms with van der Waals surface area (Å²) in [5, 5.41) is 4.12. The number of primary amides is 1. The molecule has 7 heteroatoms. The highest BCUT2D eigenvalue weighted by atomic mass is 35.5.